The monoisotopic (exact) mass is 322 g/mol. The van der Waals surface area contributed by atoms with E-state index in [1.807, 2.05) is 36.4 Å². The van der Waals surface area contributed by atoms with E-state index in [0.29, 0.717) is 6.42 Å². The molecule has 0 radical (unpaired) electrons. The molecule has 0 fully saturated rings. The lowest BCUT2D eigenvalue weighted by atomic mass is 9.90. The molecule has 24 heavy (non-hydrogen) atoms. The van der Waals surface area contributed by atoms with E-state index in [1.54, 1.807) is 0 Å². The number of amides is 1. The van der Waals surface area contributed by atoms with Crippen molar-refractivity contribution in [2.45, 2.75) is 38.5 Å². The molecule has 2 N–H and O–H groups in total. The second kappa shape index (κ2) is 7.77. The van der Waals surface area contributed by atoms with Gasteiger partial charge >= 0.3 is 0 Å². The Balaban J connectivity index is 0.000000141. The molecule has 0 spiro atoms. The average molecular weight is 322 g/mol. The highest BCUT2D eigenvalue weighted by atomic mass is 16.4. The third-order valence-electron chi connectivity index (χ3n) is 4.45. The molecule has 1 aliphatic carbocycles. The molecular formula is C20H22N2O2. The summed E-state index contributed by atoms with van der Waals surface area (Å²) in [6.07, 6.45) is 5.71. The first-order chi connectivity index (χ1) is 11.8. The SMILES string of the molecule is O/N=C1/CCCc2ccccc21.O=C1CCCc2ccccc2N1. The number of hydrogen-bond donors (Lipinski definition) is 2. The summed E-state index contributed by atoms with van der Waals surface area (Å²) in [5.74, 6) is 0.139. The van der Waals surface area contributed by atoms with Crippen LogP contribution in [0.3, 0.4) is 0 Å². The Morgan fingerprint density at radius 3 is 2.33 bits per heavy atom. The molecule has 124 valence electrons. The Hall–Kier alpha value is -2.62. The van der Waals surface area contributed by atoms with Crippen molar-refractivity contribution in [1.82, 2.24) is 0 Å². The van der Waals surface area contributed by atoms with Crippen LogP contribution in [0, 0.1) is 0 Å². The Labute approximate surface area is 142 Å². The topological polar surface area (TPSA) is 61.7 Å². The fourth-order valence-corrected chi connectivity index (χ4v) is 3.22. The smallest absolute Gasteiger partial charge is 0.224 e. The number of anilines is 1. The fourth-order valence-electron chi connectivity index (χ4n) is 3.22. The maximum atomic E-state index is 11.1. The van der Waals surface area contributed by atoms with Crippen LogP contribution >= 0.6 is 0 Å². The van der Waals surface area contributed by atoms with E-state index >= 15 is 0 Å². The van der Waals surface area contributed by atoms with Crippen LogP contribution in [0.15, 0.2) is 53.7 Å². The Morgan fingerprint density at radius 1 is 0.833 bits per heavy atom. The number of aryl methyl sites for hydroxylation is 2. The zero-order valence-corrected chi connectivity index (χ0v) is 13.7. The number of oxime groups is 1. The van der Waals surface area contributed by atoms with Gasteiger partial charge in [0.05, 0.1) is 5.71 Å². The molecule has 4 heteroatoms. The molecule has 2 aliphatic rings. The summed E-state index contributed by atoms with van der Waals surface area (Å²) in [5, 5.41) is 14.9. The van der Waals surface area contributed by atoms with Gasteiger partial charge in [0.2, 0.25) is 5.91 Å². The molecule has 0 atom stereocenters. The molecule has 0 saturated heterocycles. The van der Waals surface area contributed by atoms with Crippen molar-refractivity contribution in [2.24, 2.45) is 5.16 Å². The first-order valence-electron chi connectivity index (χ1n) is 8.45. The van der Waals surface area contributed by atoms with Crippen LogP contribution in [-0.2, 0) is 17.6 Å². The summed E-state index contributed by atoms with van der Waals surface area (Å²) in [6.45, 7) is 0. The normalized spacial score (nSPS) is 17.7. The van der Waals surface area contributed by atoms with E-state index in [9.17, 15) is 4.79 Å². The summed E-state index contributed by atoms with van der Waals surface area (Å²) in [7, 11) is 0. The maximum Gasteiger partial charge on any atom is 0.224 e. The third kappa shape index (κ3) is 3.82. The zero-order chi connectivity index (χ0) is 16.8. The van der Waals surface area contributed by atoms with E-state index in [4.69, 9.17) is 5.21 Å². The average Bonchev–Trinajstić information content (AvgIpc) is 2.82. The number of rotatable bonds is 0. The first kappa shape index (κ1) is 16.2. The van der Waals surface area contributed by atoms with Crippen molar-refractivity contribution < 1.29 is 10.0 Å². The number of fused-ring (bicyclic) bond motifs is 2. The van der Waals surface area contributed by atoms with Gasteiger partial charge < -0.3 is 10.5 Å². The highest BCUT2D eigenvalue weighted by Gasteiger charge is 2.14. The summed E-state index contributed by atoms with van der Waals surface area (Å²) in [4.78, 5) is 11.1. The van der Waals surface area contributed by atoms with Gasteiger partial charge in [0.1, 0.15) is 0 Å². The number of nitrogens with zero attached hydrogens (tertiary/aromatic N) is 1. The van der Waals surface area contributed by atoms with Gasteiger partial charge in [0.25, 0.3) is 0 Å². The van der Waals surface area contributed by atoms with Crippen LogP contribution in [0.5, 0.6) is 0 Å². The van der Waals surface area contributed by atoms with Gasteiger partial charge in [-0.25, -0.2) is 0 Å². The Kier molecular flexibility index (Phi) is 5.26. The van der Waals surface area contributed by atoms with Crippen LogP contribution in [0.2, 0.25) is 0 Å². The Morgan fingerprint density at radius 2 is 1.50 bits per heavy atom. The zero-order valence-electron chi connectivity index (χ0n) is 13.7. The van der Waals surface area contributed by atoms with Gasteiger partial charge in [-0.1, -0.05) is 47.6 Å². The van der Waals surface area contributed by atoms with Crippen molar-refractivity contribution in [3.8, 4) is 0 Å². The maximum absolute atomic E-state index is 11.1. The van der Waals surface area contributed by atoms with Crippen LogP contribution in [0.4, 0.5) is 5.69 Å². The molecule has 1 aliphatic heterocycles. The number of benzene rings is 2. The van der Waals surface area contributed by atoms with Crippen LogP contribution in [0.25, 0.3) is 0 Å². The van der Waals surface area contributed by atoms with Crippen molar-refractivity contribution in [3.05, 3.63) is 65.2 Å². The van der Waals surface area contributed by atoms with Crippen LogP contribution < -0.4 is 5.32 Å². The van der Waals surface area contributed by atoms with Gasteiger partial charge in [-0.2, -0.15) is 0 Å². The van der Waals surface area contributed by atoms with E-state index in [1.165, 1.54) is 11.1 Å². The van der Waals surface area contributed by atoms with Gasteiger partial charge in [-0.3, -0.25) is 4.79 Å². The molecule has 4 nitrogen and oxygen atoms in total. The quantitative estimate of drug-likeness (QED) is 0.565. The minimum absolute atomic E-state index is 0.139. The van der Waals surface area contributed by atoms with E-state index in [-0.39, 0.29) is 5.91 Å². The molecule has 0 bridgehead atoms. The summed E-state index contributed by atoms with van der Waals surface area (Å²) in [5.41, 5.74) is 5.49. The van der Waals surface area contributed by atoms with Gasteiger partial charge in [-0.05, 0) is 49.3 Å². The van der Waals surface area contributed by atoms with E-state index in [2.05, 4.69) is 22.6 Å². The number of nitrogens with one attached hydrogen (secondary N) is 1. The molecule has 1 amide bonds. The number of hydrogen-bond acceptors (Lipinski definition) is 3. The highest BCUT2D eigenvalue weighted by Crippen LogP contribution is 2.21. The summed E-state index contributed by atoms with van der Waals surface area (Å²) in [6, 6.07) is 16.1. The Bertz CT molecular complexity index is 753. The first-order valence-corrected chi connectivity index (χ1v) is 8.45. The lowest BCUT2D eigenvalue weighted by molar-refractivity contribution is -0.116. The highest BCUT2D eigenvalue weighted by molar-refractivity contribution is 6.02. The number of carbonyl (C=O) groups excluding carboxylic acids is 1. The van der Waals surface area contributed by atoms with Crippen molar-refractivity contribution >= 4 is 17.3 Å². The third-order valence-corrected chi connectivity index (χ3v) is 4.45. The van der Waals surface area contributed by atoms with Gasteiger partial charge in [-0.15, -0.1) is 0 Å². The van der Waals surface area contributed by atoms with E-state index in [0.717, 1.165) is 49.1 Å². The largest absolute Gasteiger partial charge is 0.411 e. The lowest BCUT2D eigenvalue weighted by Crippen LogP contribution is -2.11. The predicted octanol–water partition coefficient (Wildman–Crippen LogP) is 4.16. The summed E-state index contributed by atoms with van der Waals surface area (Å²) >= 11 is 0. The predicted molar refractivity (Wildman–Crippen MR) is 95.7 cm³/mol. The molecular weight excluding hydrogens is 300 g/mol. The molecule has 1 heterocycles. The molecule has 0 unspecified atom stereocenters. The van der Waals surface area contributed by atoms with E-state index < -0.39 is 0 Å². The second-order valence-electron chi connectivity index (χ2n) is 6.12. The van der Waals surface area contributed by atoms with Crippen molar-refractivity contribution in [3.63, 3.8) is 0 Å². The summed E-state index contributed by atoms with van der Waals surface area (Å²) < 4.78 is 0. The molecule has 2 aromatic rings. The van der Waals surface area contributed by atoms with Gasteiger partial charge in [0.15, 0.2) is 0 Å². The minimum Gasteiger partial charge on any atom is -0.411 e. The van der Waals surface area contributed by atoms with Crippen LogP contribution in [0.1, 0.15) is 42.4 Å². The fraction of sp³-hybridized carbons (Fsp3) is 0.300. The molecule has 0 saturated carbocycles. The number of para-hydroxylation sites is 1. The molecule has 4 rings (SSSR count). The minimum atomic E-state index is 0.139. The standard InChI is InChI=1S/2C10H11NO/c12-10-7-3-5-8-4-1-2-6-9(8)11-10;12-11-10-7-3-5-8-4-1-2-6-9(8)10/h1-2,4,6H,3,5,7H2,(H,11,12);1-2,4,6,12H,3,5,7H2/b;11-10-. The van der Waals surface area contributed by atoms with Crippen LogP contribution in [-0.4, -0.2) is 16.8 Å². The van der Waals surface area contributed by atoms with Gasteiger partial charge in [0, 0.05) is 17.7 Å². The lowest BCUT2D eigenvalue weighted by Gasteiger charge is -2.15. The van der Waals surface area contributed by atoms with Crippen molar-refractivity contribution in [2.75, 3.05) is 5.32 Å². The second-order valence-corrected chi connectivity index (χ2v) is 6.12. The molecule has 2 aromatic carbocycles. The number of carbonyl (C=O) groups is 1. The molecule has 0 aromatic heterocycles. The van der Waals surface area contributed by atoms with Crippen molar-refractivity contribution in [1.29, 1.82) is 0 Å².